The summed E-state index contributed by atoms with van der Waals surface area (Å²) >= 11 is 0. The quantitative estimate of drug-likeness (QED) is 0.729. The van der Waals surface area contributed by atoms with Crippen LogP contribution in [0.5, 0.6) is 0 Å². The van der Waals surface area contributed by atoms with Crippen molar-refractivity contribution in [2.45, 2.75) is 33.3 Å². The summed E-state index contributed by atoms with van der Waals surface area (Å²) in [7, 11) is 0. The minimum Gasteiger partial charge on any atom is -0.456 e. The van der Waals surface area contributed by atoms with E-state index in [2.05, 4.69) is 6.58 Å². The van der Waals surface area contributed by atoms with Gasteiger partial charge in [0.15, 0.2) is 0 Å². The van der Waals surface area contributed by atoms with Crippen LogP contribution in [0.1, 0.15) is 43.6 Å². The number of hydrogen-bond donors (Lipinski definition) is 0. The highest BCUT2D eigenvalue weighted by atomic mass is 16.6. The van der Waals surface area contributed by atoms with Gasteiger partial charge in [-0.2, -0.15) is 0 Å². The molecule has 20 heavy (non-hydrogen) atoms. The monoisotopic (exact) mass is 268 g/mol. The van der Waals surface area contributed by atoms with E-state index < -0.39 is 5.60 Å². The SMILES string of the molecule is C=C(C)c1cc(C(=O)OC(C)(C)C)c2ccccc2c1. The van der Waals surface area contributed by atoms with Crippen molar-refractivity contribution in [1.82, 2.24) is 0 Å². The minimum absolute atomic E-state index is 0.295. The molecule has 0 saturated heterocycles. The predicted molar refractivity (Wildman–Crippen MR) is 83.8 cm³/mol. The Morgan fingerprint density at radius 1 is 1.15 bits per heavy atom. The van der Waals surface area contributed by atoms with Gasteiger partial charge >= 0.3 is 5.97 Å². The normalized spacial score (nSPS) is 11.4. The molecule has 0 aliphatic carbocycles. The van der Waals surface area contributed by atoms with Gasteiger partial charge in [-0.25, -0.2) is 4.79 Å². The second-order valence-corrected chi connectivity index (χ2v) is 6.03. The summed E-state index contributed by atoms with van der Waals surface area (Å²) in [6.45, 7) is 11.5. The zero-order valence-corrected chi connectivity index (χ0v) is 12.5. The number of benzene rings is 2. The molecular weight excluding hydrogens is 248 g/mol. The van der Waals surface area contributed by atoms with Gasteiger partial charge in [0.05, 0.1) is 5.56 Å². The molecule has 2 nitrogen and oxygen atoms in total. The maximum absolute atomic E-state index is 12.4. The fraction of sp³-hybridized carbons (Fsp3) is 0.278. The molecule has 104 valence electrons. The van der Waals surface area contributed by atoms with Gasteiger partial charge in [0.25, 0.3) is 0 Å². The Balaban J connectivity index is 2.61. The Morgan fingerprint density at radius 2 is 1.80 bits per heavy atom. The van der Waals surface area contributed by atoms with E-state index in [0.717, 1.165) is 21.9 Å². The molecule has 0 spiro atoms. The van der Waals surface area contributed by atoms with Crippen molar-refractivity contribution in [1.29, 1.82) is 0 Å². The fourth-order valence-electron chi connectivity index (χ4n) is 2.06. The number of esters is 1. The van der Waals surface area contributed by atoms with Crippen molar-refractivity contribution in [2.75, 3.05) is 0 Å². The van der Waals surface area contributed by atoms with Crippen LogP contribution in [0.3, 0.4) is 0 Å². The predicted octanol–water partition coefficient (Wildman–Crippen LogP) is 4.83. The van der Waals surface area contributed by atoms with Gasteiger partial charge in [0, 0.05) is 0 Å². The van der Waals surface area contributed by atoms with Crippen molar-refractivity contribution in [3.63, 3.8) is 0 Å². The summed E-state index contributed by atoms with van der Waals surface area (Å²) in [5, 5.41) is 1.93. The number of carbonyl (C=O) groups is 1. The molecule has 2 aromatic carbocycles. The van der Waals surface area contributed by atoms with E-state index >= 15 is 0 Å². The van der Waals surface area contributed by atoms with Gasteiger partial charge in [0.2, 0.25) is 0 Å². The molecule has 0 heterocycles. The lowest BCUT2D eigenvalue weighted by Crippen LogP contribution is -2.24. The first-order valence-electron chi connectivity index (χ1n) is 6.70. The smallest absolute Gasteiger partial charge is 0.339 e. The van der Waals surface area contributed by atoms with Gasteiger partial charge in [0.1, 0.15) is 5.60 Å². The number of carbonyl (C=O) groups excluding carboxylic acids is 1. The average Bonchev–Trinajstić information content (AvgIpc) is 2.35. The Bertz CT molecular complexity index is 675. The van der Waals surface area contributed by atoms with E-state index in [4.69, 9.17) is 4.74 Å². The summed E-state index contributed by atoms with van der Waals surface area (Å²) in [5.74, 6) is -0.295. The van der Waals surface area contributed by atoms with Crippen LogP contribution >= 0.6 is 0 Å². The largest absolute Gasteiger partial charge is 0.456 e. The van der Waals surface area contributed by atoms with Crippen LogP contribution in [0, 0.1) is 0 Å². The lowest BCUT2D eigenvalue weighted by Gasteiger charge is -2.20. The zero-order chi connectivity index (χ0) is 14.9. The summed E-state index contributed by atoms with van der Waals surface area (Å²) in [4.78, 5) is 12.4. The Morgan fingerprint density at radius 3 is 2.40 bits per heavy atom. The molecule has 0 saturated carbocycles. The molecular formula is C18H20O2. The molecule has 2 heteroatoms. The second kappa shape index (κ2) is 5.12. The molecule has 0 atom stereocenters. The molecule has 0 amide bonds. The third-order valence-electron chi connectivity index (χ3n) is 2.97. The van der Waals surface area contributed by atoms with Crippen LogP contribution in [0.2, 0.25) is 0 Å². The third-order valence-corrected chi connectivity index (χ3v) is 2.97. The Hall–Kier alpha value is -2.09. The Labute approximate surface area is 120 Å². The lowest BCUT2D eigenvalue weighted by molar-refractivity contribution is 0.00718. The molecule has 2 aromatic rings. The number of fused-ring (bicyclic) bond motifs is 1. The van der Waals surface area contributed by atoms with E-state index in [1.807, 2.05) is 64.1 Å². The van der Waals surface area contributed by atoms with Gasteiger partial charge in [-0.3, -0.25) is 0 Å². The first-order valence-corrected chi connectivity index (χ1v) is 6.70. The highest BCUT2D eigenvalue weighted by Gasteiger charge is 2.20. The first kappa shape index (κ1) is 14.3. The molecule has 0 unspecified atom stereocenters. The van der Waals surface area contributed by atoms with Gasteiger partial charge in [-0.05, 0) is 56.2 Å². The number of allylic oxidation sites excluding steroid dienone is 1. The second-order valence-electron chi connectivity index (χ2n) is 6.03. The maximum atomic E-state index is 12.4. The fourth-order valence-corrected chi connectivity index (χ4v) is 2.06. The van der Waals surface area contributed by atoms with Crippen molar-refractivity contribution >= 4 is 22.3 Å². The molecule has 0 fully saturated rings. The minimum atomic E-state index is -0.503. The molecule has 0 bridgehead atoms. The number of rotatable bonds is 2. The summed E-state index contributed by atoms with van der Waals surface area (Å²) < 4.78 is 5.50. The van der Waals surface area contributed by atoms with Crippen LogP contribution < -0.4 is 0 Å². The summed E-state index contributed by atoms with van der Waals surface area (Å²) in [6.07, 6.45) is 0. The third kappa shape index (κ3) is 3.08. The number of ether oxygens (including phenoxy) is 1. The van der Waals surface area contributed by atoms with E-state index in [1.54, 1.807) is 0 Å². The van der Waals surface area contributed by atoms with Crippen molar-refractivity contribution in [3.05, 3.63) is 54.1 Å². The molecule has 0 aromatic heterocycles. The molecule has 0 radical (unpaired) electrons. The highest BCUT2D eigenvalue weighted by Crippen LogP contribution is 2.26. The maximum Gasteiger partial charge on any atom is 0.339 e. The van der Waals surface area contributed by atoms with E-state index in [1.165, 1.54) is 0 Å². The zero-order valence-electron chi connectivity index (χ0n) is 12.5. The van der Waals surface area contributed by atoms with Crippen LogP contribution in [-0.4, -0.2) is 11.6 Å². The summed E-state index contributed by atoms with van der Waals surface area (Å²) in [5.41, 5.74) is 1.98. The van der Waals surface area contributed by atoms with Crippen LogP contribution in [-0.2, 0) is 4.74 Å². The van der Waals surface area contributed by atoms with Crippen LogP contribution in [0.15, 0.2) is 43.0 Å². The van der Waals surface area contributed by atoms with E-state index in [-0.39, 0.29) is 5.97 Å². The lowest BCUT2D eigenvalue weighted by atomic mass is 9.98. The Kier molecular flexibility index (Phi) is 3.67. The van der Waals surface area contributed by atoms with Crippen LogP contribution in [0.25, 0.3) is 16.3 Å². The standard InChI is InChI=1S/C18H20O2/c1-12(2)14-10-13-8-6-7-9-15(13)16(11-14)17(19)20-18(3,4)5/h6-11H,1H2,2-5H3. The van der Waals surface area contributed by atoms with Crippen LogP contribution in [0.4, 0.5) is 0 Å². The molecule has 2 rings (SSSR count). The summed E-state index contributed by atoms with van der Waals surface area (Å²) in [6, 6.07) is 11.7. The molecule has 0 N–H and O–H groups in total. The van der Waals surface area contributed by atoms with E-state index in [0.29, 0.717) is 5.56 Å². The topological polar surface area (TPSA) is 26.3 Å². The average molecular weight is 268 g/mol. The molecule has 0 aliphatic rings. The molecule has 0 aliphatic heterocycles. The highest BCUT2D eigenvalue weighted by molar-refractivity contribution is 6.05. The first-order chi connectivity index (χ1) is 9.28. The van der Waals surface area contributed by atoms with Crippen molar-refractivity contribution < 1.29 is 9.53 Å². The van der Waals surface area contributed by atoms with Crippen molar-refractivity contribution in [3.8, 4) is 0 Å². The van der Waals surface area contributed by atoms with Gasteiger partial charge in [-0.15, -0.1) is 0 Å². The van der Waals surface area contributed by atoms with Gasteiger partial charge in [-0.1, -0.05) is 36.4 Å². The van der Waals surface area contributed by atoms with Crippen molar-refractivity contribution in [2.24, 2.45) is 0 Å². The van der Waals surface area contributed by atoms with E-state index in [9.17, 15) is 4.79 Å². The van der Waals surface area contributed by atoms with Gasteiger partial charge < -0.3 is 4.74 Å². The number of hydrogen-bond acceptors (Lipinski definition) is 2.